The lowest BCUT2D eigenvalue weighted by Crippen LogP contribution is -2.50. The SMILES string of the molecule is CC1=C(C(=O)N2CCN(c3ccc(F)cc3)CC2)C(c2cc(C)c3c(c2)OCO3)n2nccc2N1. The van der Waals surface area contributed by atoms with E-state index in [1.807, 2.05) is 41.6 Å². The normalized spacial score (nSPS) is 19.0. The second kappa shape index (κ2) is 8.33. The van der Waals surface area contributed by atoms with E-state index >= 15 is 0 Å². The number of piperazine rings is 1. The van der Waals surface area contributed by atoms with Crippen LogP contribution in [0.1, 0.15) is 24.1 Å². The molecule has 180 valence electrons. The van der Waals surface area contributed by atoms with Gasteiger partial charge in [-0.05, 0) is 61.4 Å². The van der Waals surface area contributed by atoms with Crippen LogP contribution in [0.25, 0.3) is 0 Å². The summed E-state index contributed by atoms with van der Waals surface area (Å²) in [6, 6.07) is 12.0. The second-order valence-electron chi connectivity index (χ2n) is 9.05. The fourth-order valence-electron chi connectivity index (χ4n) is 5.15. The first-order chi connectivity index (χ1) is 17.0. The van der Waals surface area contributed by atoms with Crippen molar-refractivity contribution in [2.75, 3.05) is 43.2 Å². The number of carbonyl (C=O) groups is 1. The molecule has 0 radical (unpaired) electrons. The Morgan fingerprint density at radius 3 is 2.60 bits per heavy atom. The van der Waals surface area contributed by atoms with E-state index in [0.29, 0.717) is 37.5 Å². The number of rotatable bonds is 3. The zero-order valence-corrected chi connectivity index (χ0v) is 19.6. The molecule has 1 amide bonds. The minimum Gasteiger partial charge on any atom is -0.454 e. The molecule has 6 rings (SSSR count). The fourth-order valence-corrected chi connectivity index (χ4v) is 5.15. The van der Waals surface area contributed by atoms with Gasteiger partial charge in [0, 0.05) is 43.6 Å². The van der Waals surface area contributed by atoms with Crippen LogP contribution in [0.15, 0.2) is 59.9 Å². The molecule has 4 heterocycles. The number of halogens is 1. The van der Waals surface area contributed by atoms with Gasteiger partial charge in [-0.1, -0.05) is 0 Å². The minimum atomic E-state index is -0.392. The van der Waals surface area contributed by atoms with Crippen LogP contribution < -0.4 is 19.7 Å². The largest absolute Gasteiger partial charge is 0.454 e. The summed E-state index contributed by atoms with van der Waals surface area (Å²) in [5.74, 6) is 1.99. The van der Waals surface area contributed by atoms with Crippen molar-refractivity contribution >= 4 is 17.4 Å². The summed E-state index contributed by atoms with van der Waals surface area (Å²) in [4.78, 5) is 18.0. The number of amides is 1. The van der Waals surface area contributed by atoms with E-state index in [-0.39, 0.29) is 18.5 Å². The number of allylic oxidation sites excluding steroid dienone is 1. The maximum atomic E-state index is 13.9. The Bertz CT molecular complexity index is 1330. The van der Waals surface area contributed by atoms with Gasteiger partial charge in [-0.15, -0.1) is 0 Å². The zero-order valence-electron chi connectivity index (χ0n) is 19.6. The van der Waals surface area contributed by atoms with Crippen LogP contribution in [0.4, 0.5) is 15.9 Å². The van der Waals surface area contributed by atoms with Crippen molar-refractivity contribution in [2.24, 2.45) is 0 Å². The molecule has 3 aliphatic heterocycles. The first-order valence-electron chi connectivity index (χ1n) is 11.7. The van der Waals surface area contributed by atoms with Gasteiger partial charge >= 0.3 is 0 Å². The van der Waals surface area contributed by atoms with Gasteiger partial charge in [0.1, 0.15) is 17.7 Å². The highest BCUT2D eigenvalue weighted by molar-refractivity contribution is 5.97. The molecule has 0 saturated carbocycles. The van der Waals surface area contributed by atoms with E-state index in [2.05, 4.69) is 15.3 Å². The molecule has 2 aromatic carbocycles. The van der Waals surface area contributed by atoms with Gasteiger partial charge in [-0.3, -0.25) is 4.79 Å². The summed E-state index contributed by atoms with van der Waals surface area (Å²) in [5, 5.41) is 7.89. The Balaban J connectivity index is 1.30. The second-order valence-corrected chi connectivity index (χ2v) is 9.05. The number of nitrogens with one attached hydrogen (secondary N) is 1. The predicted octanol–water partition coefficient (Wildman–Crippen LogP) is 3.70. The number of nitrogens with zero attached hydrogens (tertiary/aromatic N) is 4. The smallest absolute Gasteiger partial charge is 0.254 e. The lowest BCUT2D eigenvalue weighted by atomic mass is 9.92. The van der Waals surface area contributed by atoms with Crippen molar-refractivity contribution < 1.29 is 18.7 Å². The predicted molar refractivity (Wildman–Crippen MR) is 129 cm³/mol. The van der Waals surface area contributed by atoms with Gasteiger partial charge in [0.2, 0.25) is 6.79 Å². The highest BCUT2D eigenvalue weighted by atomic mass is 19.1. The number of carbonyl (C=O) groups excluding carboxylic acids is 1. The van der Waals surface area contributed by atoms with Crippen LogP contribution in [-0.4, -0.2) is 53.6 Å². The Morgan fingerprint density at radius 2 is 1.83 bits per heavy atom. The number of hydrogen-bond acceptors (Lipinski definition) is 6. The molecule has 1 aromatic heterocycles. The third-order valence-electron chi connectivity index (χ3n) is 6.89. The third-order valence-corrected chi connectivity index (χ3v) is 6.89. The highest BCUT2D eigenvalue weighted by Crippen LogP contribution is 2.42. The van der Waals surface area contributed by atoms with E-state index < -0.39 is 6.04 Å². The third kappa shape index (κ3) is 3.67. The Kier molecular flexibility index (Phi) is 5.12. The van der Waals surface area contributed by atoms with Gasteiger partial charge in [0.15, 0.2) is 11.5 Å². The van der Waals surface area contributed by atoms with Crippen molar-refractivity contribution in [1.29, 1.82) is 0 Å². The standard InChI is InChI=1S/C26H26FN5O3/c1-16-13-18(14-21-25(16)35-15-34-21)24-23(17(2)29-22-7-8-28-32(22)24)26(33)31-11-9-30(10-12-31)20-5-3-19(27)4-6-20/h3-8,13-14,24,29H,9-12,15H2,1-2H3. The Hall–Kier alpha value is -4.01. The van der Waals surface area contributed by atoms with Crippen molar-refractivity contribution in [2.45, 2.75) is 19.9 Å². The monoisotopic (exact) mass is 475 g/mol. The minimum absolute atomic E-state index is 0.0183. The molecule has 9 heteroatoms. The molecule has 1 atom stereocenters. The van der Waals surface area contributed by atoms with Gasteiger partial charge < -0.3 is 24.6 Å². The first kappa shape index (κ1) is 21.5. The van der Waals surface area contributed by atoms with E-state index in [4.69, 9.17) is 9.47 Å². The highest BCUT2D eigenvalue weighted by Gasteiger charge is 2.37. The molecule has 0 bridgehead atoms. The maximum absolute atomic E-state index is 13.9. The quantitative estimate of drug-likeness (QED) is 0.623. The van der Waals surface area contributed by atoms with Gasteiger partial charge in [0.05, 0.1) is 11.8 Å². The van der Waals surface area contributed by atoms with Gasteiger partial charge in [-0.25, -0.2) is 9.07 Å². The number of aromatic nitrogens is 2. The number of anilines is 2. The number of ether oxygens (including phenoxy) is 2. The molecule has 3 aliphatic rings. The fraction of sp³-hybridized carbons (Fsp3) is 0.308. The summed E-state index contributed by atoms with van der Waals surface area (Å²) in [6.07, 6.45) is 1.73. The number of aryl methyl sites for hydroxylation is 1. The number of hydrogen-bond donors (Lipinski definition) is 1. The molecule has 1 N–H and O–H groups in total. The topological polar surface area (TPSA) is 71.9 Å². The first-order valence-corrected chi connectivity index (χ1v) is 11.7. The molecule has 35 heavy (non-hydrogen) atoms. The van der Waals surface area contributed by atoms with Crippen molar-refractivity contribution in [3.8, 4) is 11.5 Å². The Morgan fingerprint density at radius 1 is 1.06 bits per heavy atom. The average Bonchev–Trinajstić information content (AvgIpc) is 3.53. The van der Waals surface area contributed by atoms with Crippen molar-refractivity contribution in [3.05, 3.63) is 76.9 Å². The molecule has 0 spiro atoms. The molecule has 0 aliphatic carbocycles. The number of fused-ring (bicyclic) bond motifs is 2. The maximum Gasteiger partial charge on any atom is 0.254 e. The van der Waals surface area contributed by atoms with Crippen LogP contribution in [0, 0.1) is 12.7 Å². The van der Waals surface area contributed by atoms with Crippen LogP contribution in [0.5, 0.6) is 11.5 Å². The van der Waals surface area contributed by atoms with Crippen LogP contribution in [0.2, 0.25) is 0 Å². The molecule has 1 fully saturated rings. The zero-order chi connectivity index (χ0) is 24.1. The lowest BCUT2D eigenvalue weighted by Gasteiger charge is -2.38. The van der Waals surface area contributed by atoms with Crippen molar-refractivity contribution in [1.82, 2.24) is 14.7 Å². The summed E-state index contributed by atoms with van der Waals surface area (Å²) in [7, 11) is 0. The van der Waals surface area contributed by atoms with Crippen LogP contribution >= 0.6 is 0 Å². The molecule has 1 saturated heterocycles. The van der Waals surface area contributed by atoms with Crippen LogP contribution in [-0.2, 0) is 4.79 Å². The summed E-state index contributed by atoms with van der Waals surface area (Å²) in [6.45, 7) is 6.62. The van der Waals surface area contributed by atoms with Crippen molar-refractivity contribution in [3.63, 3.8) is 0 Å². The van der Waals surface area contributed by atoms with Gasteiger partial charge in [0.25, 0.3) is 5.91 Å². The van der Waals surface area contributed by atoms with Crippen LogP contribution in [0.3, 0.4) is 0 Å². The lowest BCUT2D eigenvalue weighted by molar-refractivity contribution is -0.128. The van der Waals surface area contributed by atoms with E-state index in [1.165, 1.54) is 12.1 Å². The molecular weight excluding hydrogens is 449 g/mol. The molecule has 1 unspecified atom stereocenters. The number of benzene rings is 2. The summed E-state index contributed by atoms with van der Waals surface area (Å²) >= 11 is 0. The summed E-state index contributed by atoms with van der Waals surface area (Å²) < 4.78 is 26.4. The van der Waals surface area contributed by atoms with Gasteiger partial charge in [-0.2, -0.15) is 5.10 Å². The van der Waals surface area contributed by atoms with E-state index in [1.54, 1.807) is 18.3 Å². The molecular formula is C26H26FN5O3. The average molecular weight is 476 g/mol. The summed E-state index contributed by atoms with van der Waals surface area (Å²) in [5.41, 5.74) is 4.31. The van der Waals surface area contributed by atoms with E-state index in [0.717, 1.165) is 34.1 Å². The Labute approximate surface area is 202 Å². The van der Waals surface area contributed by atoms with E-state index in [9.17, 15) is 9.18 Å². The molecule has 8 nitrogen and oxygen atoms in total. The molecule has 3 aromatic rings.